The van der Waals surface area contributed by atoms with Crippen LogP contribution < -0.4 is 14.4 Å². The number of non-ortho nitro benzene ring substituents is 1. The SMILES string of the molecule is CCCCCCCCCCCCOC(=O)c1nc(NNS(=O)Oc2ccc([N+](=O)[O-])cc2)c2ccccc2n1. The molecule has 0 saturated heterocycles. The lowest BCUT2D eigenvalue weighted by Crippen LogP contribution is -2.28. The lowest BCUT2D eigenvalue weighted by molar-refractivity contribution is -0.384. The highest BCUT2D eigenvalue weighted by molar-refractivity contribution is 7.78. The number of nitro groups is 1. The fourth-order valence-corrected chi connectivity index (χ4v) is 4.41. The average Bonchev–Trinajstić information content (AvgIpc) is 2.94. The minimum absolute atomic E-state index is 0.112. The maximum atomic E-state index is 12.6. The van der Waals surface area contributed by atoms with Crippen LogP contribution in [0.3, 0.4) is 0 Å². The quantitative estimate of drug-likeness (QED) is 0.0809. The van der Waals surface area contributed by atoms with Crippen molar-refractivity contribution in [1.29, 1.82) is 0 Å². The van der Waals surface area contributed by atoms with E-state index in [4.69, 9.17) is 8.92 Å². The molecule has 12 heteroatoms. The number of hydrogen-bond donors (Lipinski definition) is 2. The maximum absolute atomic E-state index is 12.6. The molecule has 0 aliphatic carbocycles. The van der Waals surface area contributed by atoms with Crippen LogP contribution in [0.15, 0.2) is 48.5 Å². The van der Waals surface area contributed by atoms with Gasteiger partial charge < -0.3 is 8.92 Å². The van der Waals surface area contributed by atoms with Crippen LogP contribution in [0.2, 0.25) is 0 Å². The highest BCUT2D eigenvalue weighted by Crippen LogP contribution is 2.21. The van der Waals surface area contributed by atoms with Gasteiger partial charge in [-0.25, -0.2) is 14.8 Å². The summed E-state index contributed by atoms with van der Waals surface area (Å²) in [5.41, 5.74) is 3.09. The molecule has 0 aliphatic heterocycles. The molecule has 3 rings (SSSR count). The van der Waals surface area contributed by atoms with E-state index < -0.39 is 22.2 Å². The van der Waals surface area contributed by atoms with Crippen molar-refractivity contribution in [2.75, 3.05) is 12.0 Å². The second kappa shape index (κ2) is 16.4. The Labute approximate surface area is 230 Å². The van der Waals surface area contributed by atoms with Gasteiger partial charge >= 0.3 is 17.2 Å². The van der Waals surface area contributed by atoms with Gasteiger partial charge in [-0.3, -0.25) is 15.5 Å². The molecule has 0 amide bonds. The number of nitrogens with one attached hydrogen (secondary N) is 2. The number of unbranched alkanes of at least 4 members (excludes halogenated alkanes) is 9. The summed E-state index contributed by atoms with van der Waals surface area (Å²) in [6.07, 6.45) is 11.9. The highest BCUT2D eigenvalue weighted by atomic mass is 32.2. The molecule has 11 nitrogen and oxygen atoms in total. The summed E-state index contributed by atoms with van der Waals surface area (Å²) in [5, 5.41) is 11.4. The first-order valence-corrected chi connectivity index (χ1v) is 14.4. The molecule has 1 aromatic heterocycles. The van der Waals surface area contributed by atoms with E-state index in [-0.39, 0.29) is 23.1 Å². The fraction of sp³-hybridized carbons (Fsp3) is 0.444. The molecule has 0 bridgehead atoms. The van der Waals surface area contributed by atoms with Gasteiger partial charge in [-0.15, -0.1) is 4.83 Å². The third-order valence-corrected chi connectivity index (χ3v) is 6.60. The molecule has 0 radical (unpaired) electrons. The van der Waals surface area contributed by atoms with Crippen LogP contribution >= 0.6 is 0 Å². The number of fused-ring (bicyclic) bond motifs is 1. The predicted molar refractivity (Wildman–Crippen MR) is 150 cm³/mol. The topological polar surface area (TPSA) is 146 Å². The van der Waals surface area contributed by atoms with Crippen LogP contribution in [0.1, 0.15) is 81.8 Å². The molecule has 1 unspecified atom stereocenters. The van der Waals surface area contributed by atoms with Crippen LogP contribution in [0, 0.1) is 10.1 Å². The monoisotopic (exact) mass is 557 g/mol. The first kappa shape index (κ1) is 29.9. The van der Waals surface area contributed by atoms with E-state index in [1.807, 2.05) is 0 Å². The molecule has 0 saturated carbocycles. The van der Waals surface area contributed by atoms with Crippen LogP contribution in [0.4, 0.5) is 11.5 Å². The Morgan fingerprint density at radius 3 is 2.23 bits per heavy atom. The number of aromatic nitrogens is 2. The molecule has 0 spiro atoms. The van der Waals surface area contributed by atoms with Gasteiger partial charge in [-0.1, -0.05) is 76.8 Å². The van der Waals surface area contributed by atoms with E-state index in [9.17, 15) is 19.1 Å². The number of rotatable bonds is 18. The molecule has 2 N–H and O–H groups in total. The Morgan fingerprint density at radius 2 is 1.56 bits per heavy atom. The number of nitrogens with zero attached hydrogens (tertiary/aromatic N) is 3. The van der Waals surface area contributed by atoms with Crippen molar-refractivity contribution in [3.05, 3.63) is 64.5 Å². The van der Waals surface area contributed by atoms with E-state index in [1.54, 1.807) is 24.3 Å². The van der Waals surface area contributed by atoms with Gasteiger partial charge in [0, 0.05) is 17.5 Å². The Bertz CT molecular complexity index is 1240. The van der Waals surface area contributed by atoms with Crippen molar-refractivity contribution in [2.45, 2.75) is 71.1 Å². The number of carbonyl (C=O) groups excluding carboxylic acids is 1. The normalized spacial score (nSPS) is 11.7. The van der Waals surface area contributed by atoms with Gasteiger partial charge in [-0.2, -0.15) is 4.21 Å². The second-order valence-corrected chi connectivity index (χ2v) is 9.87. The second-order valence-electron chi connectivity index (χ2n) is 9.03. The van der Waals surface area contributed by atoms with Gasteiger partial charge in [0.2, 0.25) is 5.82 Å². The lowest BCUT2D eigenvalue weighted by atomic mass is 10.1. The van der Waals surface area contributed by atoms with Crippen molar-refractivity contribution in [1.82, 2.24) is 14.8 Å². The number of hydrogen-bond acceptors (Lipinski definition) is 9. The van der Waals surface area contributed by atoms with Crippen molar-refractivity contribution < 1.29 is 22.8 Å². The van der Waals surface area contributed by atoms with Gasteiger partial charge in [0.15, 0.2) is 5.82 Å². The minimum Gasteiger partial charge on any atom is -0.460 e. The largest absolute Gasteiger partial charge is 0.460 e. The summed E-state index contributed by atoms with van der Waals surface area (Å²) in [7, 11) is 0. The smallest absolute Gasteiger partial charge is 0.376 e. The number of para-hydroxylation sites is 1. The number of benzene rings is 2. The zero-order valence-corrected chi connectivity index (χ0v) is 22.9. The number of carbonyl (C=O) groups is 1. The van der Waals surface area contributed by atoms with Crippen molar-refractivity contribution in [2.24, 2.45) is 0 Å². The summed E-state index contributed by atoms with van der Waals surface area (Å²) < 4.78 is 22.9. The minimum atomic E-state index is -2.07. The standard InChI is InChI=1S/C27H35N5O6S/c1-2-3-4-5-6-7-8-9-10-13-20-37-27(33)26-28-24-15-12-11-14-23(24)25(29-26)30-31-39(36)38-22-18-16-21(17-19-22)32(34)35/h11-12,14-19,31H,2-10,13,20H2,1H3,(H,28,29,30). The van der Waals surface area contributed by atoms with Gasteiger partial charge in [0.25, 0.3) is 5.69 Å². The van der Waals surface area contributed by atoms with E-state index in [0.29, 0.717) is 17.5 Å². The highest BCUT2D eigenvalue weighted by Gasteiger charge is 2.16. The first-order chi connectivity index (χ1) is 19.0. The van der Waals surface area contributed by atoms with Gasteiger partial charge in [0.1, 0.15) is 5.75 Å². The summed E-state index contributed by atoms with van der Waals surface area (Å²) >= 11 is -2.07. The van der Waals surface area contributed by atoms with Crippen LogP contribution in [-0.4, -0.2) is 31.7 Å². The zero-order chi connectivity index (χ0) is 27.9. The molecule has 0 fully saturated rings. The number of esters is 1. The Kier molecular flexibility index (Phi) is 12.5. The third-order valence-electron chi connectivity index (χ3n) is 5.99. The molecular formula is C27H35N5O6S. The molecule has 0 aliphatic rings. The zero-order valence-electron chi connectivity index (χ0n) is 22.1. The van der Waals surface area contributed by atoms with E-state index in [0.717, 1.165) is 19.3 Å². The first-order valence-electron chi connectivity index (χ1n) is 13.3. The van der Waals surface area contributed by atoms with Crippen molar-refractivity contribution in [3.63, 3.8) is 0 Å². The van der Waals surface area contributed by atoms with E-state index in [2.05, 4.69) is 27.1 Å². The lowest BCUT2D eigenvalue weighted by Gasteiger charge is -2.11. The summed E-state index contributed by atoms with van der Waals surface area (Å²) in [6.45, 7) is 2.51. The molecule has 1 heterocycles. The Balaban J connectivity index is 1.48. The summed E-state index contributed by atoms with van der Waals surface area (Å²) in [4.78, 5) is 33.9. The summed E-state index contributed by atoms with van der Waals surface area (Å²) in [5.74, 6) is -0.376. The van der Waals surface area contributed by atoms with E-state index in [1.165, 1.54) is 69.2 Å². The fourth-order valence-electron chi connectivity index (χ4n) is 3.90. The van der Waals surface area contributed by atoms with Gasteiger partial charge in [-0.05, 0) is 30.7 Å². The number of nitro benzene ring substituents is 1. The molecule has 1 atom stereocenters. The van der Waals surface area contributed by atoms with Crippen LogP contribution in [-0.2, 0) is 16.0 Å². The molecule has 3 aromatic rings. The Morgan fingerprint density at radius 1 is 0.923 bits per heavy atom. The maximum Gasteiger partial charge on any atom is 0.376 e. The Hall–Kier alpha value is -3.64. The molecule has 2 aromatic carbocycles. The van der Waals surface area contributed by atoms with Crippen molar-refractivity contribution >= 4 is 39.6 Å². The average molecular weight is 558 g/mol. The van der Waals surface area contributed by atoms with Crippen LogP contribution in [0.5, 0.6) is 5.75 Å². The molecule has 210 valence electrons. The molecular weight excluding hydrogens is 522 g/mol. The van der Waals surface area contributed by atoms with Crippen LogP contribution in [0.25, 0.3) is 10.9 Å². The van der Waals surface area contributed by atoms with Gasteiger partial charge in [0.05, 0.1) is 17.0 Å². The number of hydrazine groups is 1. The van der Waals surface area contributed by atoms with E-state index >= 15 is 0 Å². The third kappa shape index (κ3) is 10.2. The summed E-state index contributed by atoms with van der Waals surface area (Å²) in [6, 6.07) is 12.2. The number of ether oxygens (including phenoxy) is 1. The van der Waals surface area contributed by atoms with Crippen molar-refractivity contribution in [3.8, 4) is 5.75 Å². The molecule has 39 heavy (non-hydrogen) atoms. The predicted octanol–water partition coefficient (Wildman–Crippen LogP) is 6.19. The number of anilines is 1.